The van der Waals surface area contributed by atoms with Crippen molar-refractivity contribution >= 4 is 16.6 Å². The minimum absolute atomic E-state index is 0.150. The van der Waals surface area contributed by atoms with E-state index in [0.29, 0.717) is 0 Å². The number of carbonyl (C=O) groups excluding carboxylic acids is 1. The maximum Gasteiger partial charge on any atom is 0.167 e. The number of aryl methyl sites for hydroxylation is 1. The fourth-order valence-corrected chi connectivity index (χ4v) is 2.83. The lowest BCUT2D eigenvalue weighted by Crippen LogP contribution is -2.34. The van der Waals surface area contributed by atoms with Crippen LogP contribution in [-0.2, 0) is 0 Å². The van der Waals surface area contributed by atoms with E-state index in [1.54, 1.807) is 0 Å². The highest BCUT2D eigenvalue weighted by Crippen LogP contribution is 2.21. The van der Waals surface area contributed by atoms with E-state index in [0.717, 1.165) is 36.9 Å². The molecule has 19 heavy (non-hydrogen) atoms. The predicted octanol–water partition coefficient (Wildman–Crippen LogP) is 3.33. The van der Waals surface area contributed by atoms with Crippen molar-refractivity contribution in [3.63, 3.8) is 0 Å². The second kappa shape index (κ2) is 5.14. The molecule has 0 spiro atoms. The zero-order valence-electron chi connectivity index (χ0n) is 11.3. The fourth-order valence-electron chi connectivity index (χ4n) is 2.83. The highest BCUT2D eigenvalue weighted by molar-refractivity contribution is 6.01. The van der Waals surface area contributed by atoms with Crippen LogP contribution >= 0.6 is 0 Å². The summed E-state index contributed by atoms with van der Waals surface area (Å²) >= 11 is 0. The average molecular weight is 253 g/mol. The molecule has 2 nitrogen and oxygen atoms in total. The monoisotopic (exact) mass is 253 g/mol. The molecule has 98 valence electrons. The van der Waals surface area contributed by atoms with Crippen LogP contribution in [0.4, 0.5) is 0 Å². The lowest BCUT2D eigenvalue weighted by molar-refractivity contribution is 0.0900. The van der Waals surface area contributed by atoms with E-state index in [2.05, 4.69) is 36.5 Å². The normalized spacial score (nSPS) is 19.5. The molecule has 1 N–H and O–H groups in total. The van der Waals surface area contributed by atoms with Crippen LogP contribution in [0.15, 0.2) is 36.4 Å². The number of benzene rings is 2. The van der Waals surface area contributed by atoms with Gasteiger partial charge in [0, 0.05) is 18.0 Å². The maximum atomic E-state index is 12.5. The van der Waals surface area contributed by atoms with Gasteiger partial charge in [-0.1, -0.05) is 35.9 Å². The van der Waals surface area contributed by atoms with Crippen LogP contribution in [0.2, 0.25) is 0 Å². The molecular weight excluding hydrogens is 234 g/mol. The van der Waals surface area contributed by atoms with Gasteiger partial charge in [-0.2, -0.15) is 0 Å². The summed E-state index contributed by atoms with van der Waals surface area (Å²) < 4.78 is 0. The molecule has 0 aliphatic carbocycles. The van der Waals surface area contributed by atoms with Gasteiger partial charge in [0.2, 0.25) is 0 Å². The molecule has 1 saturated heterocycles. The van der Waals surface area contributed by atoms with Crippen LogP contribution in [0.5, 0.6) is 0 Å². The number of carbonyl (C=O) groups is 1. The van der Waals surface area contributed by atoms with Crippen molar-refractivity contribution in [2.45, 2.75) is 19.8 Å². The van der Waals surface area contributed by atoms with Gasteiger partial charge in [-0.25, -0.2) is 0 Å². The molecule has 0 bridgehead atoms. The van der Waals surface area contributed by atoms with Gasteiger partial charge in [0.15, 0.2) is 5.78 Å². The molecule has 2 aromatic rings. The van der Waals surface area contributed by atoms with E-state index >= 15 is 0 Å². The van der Waals surface area contributed by atoms with E-state index < -0.39 is 0 Å². The second-order valence-corrected chi connectivity index (χ2v) is 5.47. The zero-order chi connectivity index (χ0) is 13.2. The highest BCUT2D eigenvalue weighted by Gasteiger charge is 2.22. The zero-order valence-corrected chi connectivity index (χ0v) is 11.3. The van der Waals surface area contributed by atoms with Crippen LogP contribution in [0.3, 0.4) is 0 Å². The Kier molecular flexibility index (Phi) is 3.34. The van der Waals surface area contributed by atoms with Gasteiger partial charge in [-0.05, 0) is 43.1 Å². The Morgan fingerprint density at radius 2 is 1.95 bits per heavy atom. The number of ketones is 1. The number of hydrogen-bond acceptors (Lipinski definition) is 2. The minimum atomic E-state index is 0.150. The van der Waals surface area contributed by atoms with Gasteiger partial charge >= 0.3 is 0 Å². The fraction of sp³-hybridized carbons (Fsp3) is 0.353. The molecule has 1 atom stereocenters. The molecule has 2 aromatic carbocycles. The first-order chi connectivity index (χ1) is 9.24. The Bertz CT molecular complexity index is 612. The lowest BCUT2D eigenvalue weighted by Gasteiger charge is -2.21. The maximum absolute atomic E-state index is 12.5. The Balaban J connectivity index is 1.92. The summed E-state index contributed by atoms with van der Waals surface area (Å²) in [6, 6.07) is 12.4. The Hall–Kier alpha value is -1.67. The first kappa shape index (κ1) is 12.4. The molecular formula is C17H19NO. The van der Waals surface area contributed by atoms with Crippen LogP contribution in [-0.4, -0.2) is 18.9 Å². The third kappa shape index (κ3) is 2.54. The summed E-state index contributed by atoms with van der Waals surface area (Å²) in [5.74, 6) is 0.436. The van der Waals surface area contributed by atoms with Crippen molar-refractivity contribution in [3.8, 4) is 0 Å². The molecule has 0 radical (unpaired) electrons. The number of Topliss-reactive ketones (excluding diaryl/α,β-unsaturated/α-hetero) is 1. The van der Waals surface area contributed by atoms with Crippen LogP contribution in [0, 0.1) is 12.8 Å². The van der Waals surface area contributed by atoms with Gasteiger partial charge < -0.3 is 5.32 Å². The van der Waals surface area contributed by atoms with Crippen molar-refractivity contribution in [2.75, 3.05) is 13.1 Å². The summed E-state index contributed by atoms with van der Waals surface area (Å²) in [4.78, 5) is 12.5. The largest absolute Gasteiger partial charge is 0.316 e. The summed E-state index contributed by atoms with van der Waals surface area (Å²) in [6.07, 6.45) is 2.11. The topological polar surface area (TPSA) is 29.1 Å². The first-order valence-electron chi connectivity index (χ1n) is 6.99. The van der Waals surface area contributed by atoms with Crippen molar-refractivity contribution < 1.29 is 4.79 Å². The van der Waals surface area contributed by atoms with E-state index in [1.807, 2.05) is 12.1 Å². The standard InChI is InChI=1S/C17H19NO/c1-12-4-5-14-10-15(7-6-13(14)9-12)17(19)16-3-2-8-18-11-16/h4-7,9-10,16,18H,2-3,8,11H2,1H3. The summed E-state index contributed by atoms with van der Waals surface area (Å²) in [7, 11) is 0. The predicted molar refractivity (Wildman–Crippen MR) is 78.6 cm³/mol. The third-order valence-electron chi connectivity index (χ3n) is 3.95. The summed E-state index contributed by atoms with van der Waals surface area (Å²) in [5, 5.41) is 5.67. The molecule has 2 heteroatoms. The molecule has 1 fully saturated rings. The van der Waals surface area contributed by atoms with Crippen molar-refractivity contribution in [1.29, 1.82) is 0 Å². The second-order valence-electron chi connectivity index (χ2n) is 5.47. The Labute approximate surface area is 113 Å². The van der Waals surface area contributed by atoms with E-state index in [1.165, 1.54) is 10.9 Å². The summed E-state index contributed by atoms with van der Waals surface area (Å²) in [6.45, 7) is 3.96. The molecule has 3 rings (SSSR count). The highest BCUT2D eigenvalue weighted by atomic mass is 16.1. The van der Waals surface area contributed by atoms with Crippen LogP contribution < -0.4 is 5.32 Å². The first-order valence-corrected chi connectivity index (χ1v) is 6.99. The van der Waals surface area contributed by atoms with E-state index in [9.17, 15) is 4.79 Å². The third-order valence-corrected chi connectivity index (χ3v) is 3.95. The molecule has 1 aliphatic heterocycles. The van der Waals surface area contributed by atoms with Crippen molar-refractivity contribution in [2.24, 2.45) is 5.92 Å². The minimum Gasteiger partial charge on any atom is -0.316 e. The number of nitrogens with one attached hydrogen (secondary N) is 1. The van der Waals surface area contributed by atoms with Crippen molar-refractivity contribution in [3.05, 3.63) is 47.5 Å². The smallest absolute Gasteiger partial charge is 0.167 e. The van der Waals surface area contributed by atoms with Gasteiger partial charge in [-0.15, -0.1) is 0 Å². The molecule has 1 unspecified atom stereocenters. The summed E-state index contributed by atoms with van der Waals surface area (Å²) in [5.41, 5.74) is 2.10. The number of piperidine rings is 1. The van der Waals surface area contributed by atoms with Crippen LogP contribution in [0.1, 0.15) is 28.8 Å². The number of hydrogen-bond donors (Lipinski definition) is 1. The van der Waals surface area contributed by atoms with E-state index in [4.69, 9.17) is 0 Å². The molecule has 0 saturated carbocycles. The molecule has 0 aromatic heterocycles. The van der Waals surface area contributed by atoms with E-state index in [-0.39, 0.29) is 11.7 Å². The van der Waals surface area contributed by atoms with Gasteiger partial charge in [0.05, 0.1) is 0 Å². The quantitative estimate of drug-likeness (QED) is 0.832. The molecule has 1 aliphatic rings. The number of rotatable bonds is 2. The Morgan fingerprint density at radius 1 is 1.16 bits per heavy atom. The van der Waals surface area contributed by atoms with Gasteiger partial charge in [-0.3, -0.25) is 4.79 Å². The van der Waals surface area contributed by atoms with Crippen LogP contribution in [0.25, 0.3) is 10.8 Å². The average Bonchev–Trinajstić information content (AvgIpc) is 2.47. The SMILES string of the molecule is Cc1ccc2cc(C(=O)C3CCCNC3)ccc2c1. The molecule has 0 amide bonds. The van der Waals surface area contributed by atoms with Gasteiger partial charge in [0.25, 0.3) is 0 Å². The molecule has 1 heterocycles. The van der Waals surface area contributed by atoms with Gasteiger partial charge in [0.1, 0.15) is 0 Å². The lowest BCUT2D eigenvalue weighted by atomic mass is 9.90. The van der Waals surface area contributed by atoms with Crippen molar-refractivity contribution in [1.82, 2.24) is 5.32 Å². The number of fused-ring (bicyclic) bond motifs is 1. The Morgan fingerprint density at radius 3 is 2.74 bits per heavy atom.